The van der Waals surface area contributed by atoms with E-state index >= 15 is 0 Å². The molecule has 2 aromatic carbocycles. The van der Waals surface area contributed by atoms with Gasteiger partial charge in [-0.2, -0.15) is 5.10 Å². The third kappa shape index (κ3) is 4.47. The van der Waals surface area contributed by atoms with Crippen LogP contribution < -0.4 is 15.0 Å². The Balaban J connectivity index is 1.72. The highest BCUT2D eigenvalue weighted by Gasteiger charge is 2.35. The number of aromatic nitrogens is 2. The molecular weight excluding hydrogens is 460 g/mol. The summed E-state index contributed by atoms with van der Waals surface area (Å²) in [5, 5.41) is 7.13. The summed E-state index contributed by atoms with van der Waals surface area (Å²) >= 11 is 5.54. The van der Waals surface area contributed by atoms with Crippen LogP contribution >= 0.6 is 11.6 Å². The van der Waals surface area contributed by atoms with Gasteiger partial charge in [-0.1, -0.05) is 0 Å². The quantitative estimate of drug-likeness (QED) is 0.409. The van der Waals surface area contributed by atoms with Crippen molar-refractivity contribution in [3.63, 3.8) is 0 Å². The van der Waals surface area contributed by atoms with Crippen LogP contribution in [0.3, 0.4) is 0 Å². The Morgan fingerprint density at radius 3 is 2.38 bits per heavy atom. The Bertz CT molecular complexity index is 1220. The molecule has 1 N–H and O–H groups in total. The van der Waals surface area contributed by atoms with Crippen LogP contribution in [0.1, 0.15) is 33.5 Å². The number of ether oxygens (including phenoxy) is 2. The molecule has 3 aromatic rings. The standard InChI is InChI=1S/C24H23ClN4O5/c1-3-34-24(32)21-19-12-13-28(16-6-4-15(5-7-16)26-20(30)14-25)23(31)22(19)29(27-21)17-8-10-18(33-2)11-9-17/h4-11H,3,12-14H2,1-2H3,(H,26,30). The molecule has 0 atom stereocenters. The number of benzene rings is 2. The molecule has 0 saturated heterocycles. The fourth-order valence-electron chi connectivity index (χ4n) is 3.80. The lowest BCUT2D eigenvalue weighted by molar-refractivity contribution is -0.113. The van der Waals surface area contributed by atoms with E-state index < -0.39 is 5.97 Å². The largest absolute Gasteiger partial charge is 0.497 e. The Kier molecular flexibility index (Phi) is 6.83. The Morgan fingerprint density at radius 2 is 1.76 bits per heavy atom. The number of esters is 1. The number of halogens is 1. The first-order chi connectivity index (χ1) is 16.5. The van der Waals surface area contributed by atoms with E-state index in [0.717, 1.165) is 0 Å². The molecule has 0 spiro atoms. The third-order valence-electron chi connectivity index (χ3n) is 5.39. The number of carbonyl (C=O) groups excluding carboxylic acids is 3. The molecule has 176 valence electrons. The van der Waals surface area contributed by atoms with E-state index in [2.05, 4.69) is 10.4 Å². The maximum atomic E-state index is 13.6. The Labute approximate surface area is 201 Å². The minimum Gasteiger partial charge on any atom is -0.497 e. The minimum atomic E-state index is -0.563. The van der Waals surface area contributed by atoms with Crippen LogP contribution in [0.2, 0.25) is 0 Å². The van der Waals surface area contributed by atoms with Gasteiger partial charge in [0, 0.05) is 23.5 Å². The SMILES string of the molecule is CCOC(=O)c1nn(-c2ccc(OC)cc2)c2c1CCN(c1ccc(NC(=O)CCl)cc1)C2=O. The van der Waals surface area contributed by atoms with Crippen molar-refractivity contribution in [1.29, 1.82) is 0 Å². The van der Waals surface area contributed by atoms with E-state index in [1.54, 1.807) is 67.5 Å². The van der Waals surface area contributed by atoms with Crippen molar-refractivity contribution >= 4 is 40.8 Å². The molecule has 1 aliphatic rings. The van der Waals surface area contributed by atoms with Crippen LogP contribution in [0.25, 0.3) is 5.69 Å². The molecule has 4 rings (SSSR count). The summed E-state index contributed by atoms with van der Waals surface area (Å²) in [5.41, 5.74) is 2.84. The van der Waals surface area contributed by atoms with Crippen molar-refractivity contribution in [3.05, 3.63) is 65.5 Å². The monoisotopic (exact) mass is 482 g/mol. The lowest BCUT2D eigenvalue weighted by Gasteiger charge is -2.28. The third-order valence-corrected chi connectivity index (χ3v) is 5.63. The zero-order valence-electron chi connectivity index (χ0n) is 18.7. The van der Waals surface area contributed by atoms with Crippen LogP contribution in [0.5, 0.6) is 5.75 Å². The topological polar surface area (TPSA) is 103 Å². The summed E-state index contributed by atoms with van der Waals surface area (Å²) in [4.78, 5) is 39.3. The molecule has 1 aromatic heterocycles. The number of hydrogen-bond acceptors (Lipinski definition) is 6. The fourth-order valence-corrected chi connectivity index (χ4v) is 3.87. The smallest absolute Gasteiger partial charge is 0.359 e. The number of carbonyl (C=O) groups is 3. The molecule has 0 unspecified atom stereocenters. The highest BCUT2D eigenvalue weighted by molar-refractivity contribution is 6.29. The van der Waals surface area contributed by atoms with Crippen LogP contribution in [-0.4, -0.2) is 53.7 Å². The first-order valence-corrected chi connectivity index (χ1v) is 11.2. The zero-order valence-corrected chi connectivity index (χ0v) is 19.5. The summed E-state index contributed by atoms with van der Waals surface area (Å²) in [6, 6.07) is 13.9. The molecule has 0 bridgehead atoms. The van der Waals surface area contributed by atoms with Crippen LogP contribution in [0.4, 0.5) is 11.4 Å². The van der Waals surface area contributed by atoms with Crippen molar-refractivity contribution in [3.8, 4) is 11.4 Å². The molecule has 0 saturated carbocycles. The fraction of sp³-hybridized carbons (Fsp3) is 0.250. The van der Waals surface area contributed by atoms with Gasteiger partial charge in [0.1, 0.15) is 17.3 Å². The second kappa shape index (κ2) is 9.96. The Morgan fingerprint density at radius 1 is 1.09 bits per heavy atom. The van der Waals surface area contributed by atoms with Gasteiger partial charge in [-0.15, -0.1) is 11.6 Å². The number of fused-ring (bicyclic) bond motifs is 1. The van der Waals surface area contributed by atoms with E-state index in [1.165, 1.54) is 4.68 Å². The number of rotatable bonds is 7. The molecule has 1 aliphatic heterocycles. The number of anilines is 2. The zero-order chi connectivity index (χ0) is 24.2. The summed E-state index contributed by atoms with van der Waals surface area (Å²) in [6.45, 7) is 2.28. The minimum absolute atomic E-state index is 0.139. The maximum absolute atomic E-state index is 13.6. The van der Waals surface area contributed by atoms with E-state index in [9.17, 15) is 14.4 Å². The summed E-state index contributed by atoms with van der Waals surface area (Å²) in [5.74, 6) is -0.662. The molecule has 10 heteroatoms. The number of alkyl halides is 1. The molecule has 0 radical (unpaired) electrons. The highest BCUT2D eigenvalue weighted by atomic mass is 35.5. The average Bonchev–Trinajstić information content (AvgIpc) is 3.26. The molecular formula is C24H23ClN4O5. The second-order valence-corrected chi connectivity index (χ2v) is 7.71. The van der Waals surface area contributed by atoms with Crippen molar-refractivity contribution in [2.24, 2.45) is 0 Å². The summed E-state index contributed by atoms with van der Waals surface area (Å²) in [6.07, 6.45) is 0.427. The second-order valence-electron chi connectivity index (χ2n) is 7.44. The van der Waals surface area contributed by atoms with Crippen molar-refractivity contribution < 1.29 is 23.9 Å². The van der Waals surface area contributed by atoms with Gasteiger partial charge in [0.15, 0.2) is 5.69 Å². The Hall–Kier alpha value is -3.85. The first-order valence-electron chi connectivity index (χ1n) is 10.7. The van der Waals surface area contributed by atoms with E-state index in [4.69, 9.17) is 21.1 Å². The van der Waals surface area contributed by atoms with Gasteiger partial charge in [-0.3, -0.25) is 9.59 Å². The van der Waals surface area contributed by atoms with Crippen LogP contribution in [0.15, 0.2) is 48.5 Å². The van der Waals surface area contributed by atoms with Gasteiger partial charge in [-0.05, 0) is 61.9 Å². The van der Waals surface area contributed by atoms with E-state index in [1.807, 2.05) is 0 Å². The molecule has 2 heterocycles. The average molecular weight is 483 g/mol. The van der Waals surface area contributed by atoms with Gasteiger partial charge in [-0.25, -0.2) is 9.48 Å². The van der Waals surface area contributed by atoms with Gasteiger partial charge in [0.2, 0.25) is 5.91 Å². The molecule has 9 nitrogen and oxygen atoms in total. The van der Waals surface area contributed by atoms with Gasteiger partial charge in [0.25, 0.3) is 5.91 Å². The summed E-state index contributed by atoms with van der Waals surface area (Å²) in [7, 11) is 1.57. The molecule has 34 heavy (non-hydrogen) atoms. The van der Waals surface area contributed by atoms with Crippen molar-refractivity contribution in [2.45, 2.75) is 13.3 Å². The number of nitrogens with zero attached hydrogens (tertiary/aromatic N) is 3. The predicted molar refractivity (Wildman–Crippen MR) is 127 cm³/mol. The lowest BCUT2D eigenvalue weighted by Crippen LogP contribution is -2.39. The van der Waals surface area contributed by atoms with Gasteiger partial charge in [0.05, 0.1) is 19.4 Å². The maximum Gasteiger partial charge on any atom is 0.359 e. The summed E-state index contributed by atoms with van der Waals surface area (Å²) < 4.78 is 11.9. The van der Waals surface area contributed by atoms with Gasteiger partial charge < -0.3 is 19.7 Å². The number of amides is 2. The normalized spacial score (nSPS) is 12.8. The molecule has 0 fully saturated rings. The van der Waals surface area contributed by atoms with E-state index in [0.29, 0.717) is 47.0 Å². The molecule has 0 aliphatic carbocycles. The number of hydrogen-bond donors (Lipinski definition) is 1. The highest BCUT2D eigenvalue weighted by Crippen LogP contribution is 2.30. The van der Waals surface area contributed by atoms with Crippen LogP contribution in [-0.2, 0) is 16.0 Å². The number of methoxy groups -OCH3 is 1. The van der Waals surface area contributed by atoms with Crippen molar-refractivity contribution in [1.82, 2.24) is 9.78 Å². The van der Waals surface area contributed by atoms with Crippen LogP contribution in [0, 0.1) is 0 Å². The van der Waals surface area contributed by atoms with Crippen molar-refractivity contribution in [2.75, 3.05) is 36.4 Å². The molecule has 2 amide bonds. The number of nitrogens with one attached hydrogen (secondary N) is 1. The predicted octanol–water partition coefficient (Wildman–Crippen LogP) is 3.44. The van der Waals surface area contributed by atoms with Gasteiger partial charge >= 0.3 is 5.97 Å². The lowest BCUT2D eigenvalue weighted by atomic mass is 10.0. The van der Waals surface area contributed by atoms with E-state index in [-0.39, 0.29) is 30.0 Å². The first kappa shape index (κ1) is 23.3.